The molecule has 0 saturated heterocycles. The number of ether oxygens (including phenoxy) is 1. The van der Waals surface area contributed by atoms with Crippen molar-refractivity contribution in [3.8, 4) is 0 Å². The Morgan fingerprint density at radius 1 is 1.20 bits per heavy atom. The van der Waals surface area contributed by atoms with Crippen LogP contribution in [0.5, 0.6) is 0 Å². The van der Waals surface area contributed by atoms with Crippen LogP contribution < -0.4 is 0 Å². The van der Waals surface area contributed by atoms with Gasteiger partial charge in [0.05, 0.1) is 6.54 Å². The molecule has 0 N–H and O–H groups in total. The minimum atomic E-state index is -0.551. The van der Waals surface area contributed by atoms with Gasteiger partial charge in [0.2, 0.25) is 0 Å². The number of carbonyl (C=O) groups excluding carboxylic acids is 2. The average Bonchev–Trinajstić information content (AvgIpc) is 3.02. The Labute approximate surface area is 151 Å². The number of thioether (sulfide) groups is 1. The van der Waals surface area contributed by atoms with Crippen molar-refractivity contribution in [2.24, 2.45) is 0 Å². The zero-order valence-electron chi connectivity index (χ0n) is 14.5. The summed E-state index contributed by atoms with van der Waals surface area (Å²) in [5.41, 5.74) is 0.895. The van der Waals surface area contributed by atoms with Crippen LogP contribution in [0, 0.1) is 6.92 Å². The summed E-state index contributed by atoms with van der Waals surface area (Å²) >= 11 is 1.65. The SMILES string of the molecule is CSc1ccc(/C=C/C(=O)OCC(=O)N(C)Cc2ccc(C)o2)cc1. The molecule has 0 radical (unpaired) electrons. The summed E-state index contributed by atoms with van der Waals surface area (Å²) in [6, 6.07) is 11.4. The van der Waals surface area contributed by atoms with Crippen molar-refractivity contribution in [1.29, 1.82) is 0 Å². The maximum Gasteiger partial charge on any atom is 0.331 e. The summed E-state index contributed by atoms with van der Waals surface area (Å²) < 4.78 is 10.4. The van der Waals surface area contributed by atoms with Crippen LogP contribution in [0.15, 0.2) is 51.8 Å². The Morgan fingerprint density at radius 3 is 2.52 bits per heavy atom. The predicted octanol–water partition coefficient (Wildman–Crippen LogP) is 3.52. The van der Waals surface area contributed by atoms with Crippen LogP contribution in [-0.4, -0.2) is 36.7 Å². The highest BCUT2D eigenvalue weighted by Gasteiger charge is 2.13. The van der Waals surface area contributed by atoms with Crippen molar-refractivity contribution in [3.05, 3.63) is 59.6 Å². The van der Waals surface area contributed by atoms with Gasteiger partial charge in [-0.3, -0.25) is 4.79 Å². The van der Waals surface area contributed by atoms with Gasteiger partial charge in [-0.1, -0.05) is 12.1 Å². The number of benzene rings is 1. The Morgan fingerprint density at radius 2 is 1.92 bits per heavy atom. The number of esters is 1. The van der Waals surface area contributed by atoms with E-state index in [9.17, 15) is 9.59 Å². The molecule has 25 heavy (non-hydrogen) atoms. The minimum Gasteiger partial charge on any atom is -0.464 e. The molecule has 0 unspecified atom stereocenters. The van der Waals surface area contributed by atoms with E-state index in [1.165, 1.54) is 11.0 Å². The molecule has 6 heteroatoms. The molecule has 0 aliphatic rings. The van der Waals surface area contributed by atoms with Crippen molar-refractivity contribution in [2.75, 3.05) is 19.9 Å². The van der Waals surface area contributed by atoms with E-state index in [0.717, 1.165) is 16.2 Å². The molecule has 1 aromatic heterocycles. The van der Waals surface area contributed by atoms with Crippen LogP contribution in [0.4, 0.5) is 0 Å². The van der Waals surface area contributed by atoms with E-state index in [2.05, 4.69) is 0 Å². The van der Waals surface area contributed by atoms with E-state index >= 15 is 0 Å². The van der Waals surface area contributed by atoms with Gasteiger partial charge in [0, 0.05) is 18.0 Å². The van der Waals surface area contributed by atoms with Gasteiger partial charge >= 0.3 is 5.97 Å². The molecular formula is C19H21NO4S. The topological polar surface area (TPSA) is 59.8 Å². The van der Waals surface area contributed by atoms with Gasteiger partial charge in [-0.15, -0.1) is 11.8 Å². The second kappa shape index (κ2) is 9.13. The molecule has 0 spiro atoms. The molecular weight excluding hydrogens is 338 g/mol. The van der Waals surface area contributed by atoms with Gasteiger partial charge in [0.25, 0.3) is 5.91 Å². The van der Waals surface area contributed by atoms with Crippen molar-refractivity contribution in [2.45, 2.75) is 18.4 Å². The van der Waals surface area contributed by atoms with Gasteiger partial charge in [-0.25, -0.2) is 4.79 Å². The largest absolute Gasteiger partial charge is 0.464 e. The standard InChI is InChI=1S/C19H21NO4S/c1-14-4-8-16(24-14)12-20(2)18(21)13-23-19(22)11-7-15-5-9-17(25-3)10-6-15/h4-11H,12-13H2,1-3H3/b11-7+. The quantitative estimate of drug-likeness (QED) is 0.430. The summed E-state index contributed by atoms with van der Waals surface area (Å²) in [4.78, 5) is 26.3. The van der Waals surface area contributed by atoms with Gasteiger partial charge < -0.3 is 14.1 Å². The lowest BCUT2D eigenvalue weighted by Crippen LogP contribution is -2.30. The van der Waals surface area contributed by atoms with Crippen LogP contribution in [0.2, 0.25) is 0 Å². The molecule has 0 saturated carbocycles. The third-order valence-corrected chi connectivity index (χ3v) is 4.22. The van der Waals surface area contributed by atoms with Crippen LogP contribution >= 0.6 is 11.8 Å². The first kappa shape index (κ1) is 18.9. The summed E-state index contributed by atoms with van der Waals surface area (Å²) in [6.45, 7) is 1.88. The molecule has 1 aromatic carbocycles. The number of nitrogens with zero attached hydrogens (tertiary/aromatic N) is 1. The van der Waals surface area contributed by atoms with Crippen LogP contribution in [0.3, 0.4) is 0 Å². The number of hydrogen-bond acceptors (Lipinski definition) is 5. The van der Waals surface area contributed by atoms with Crippen LogP contribution in [0.1, 0.15) is 17.1 Å². The highest BCUT2D eigenvalue weighted by molar-refractivity contribution is 7.98. The van der Waals surface area contributed by atoms with Crippen LogP contribution in [-0.2, 0) is 20.9 Å². The third kappa shape index (κ3) is 6.15. The number of aryl methyl sites for hydroxylation is 1. The molecule has 5 nitrogen and oxygen atoms in total. The fourth-order valence-electron chi connectivity index (χ4n) is 2.06. The minimum absolute atomic E-state index is 0.292. The van der Waals surface area contributed by atoms with E-state index in [4.69, 9.17) is 9.15 Å². The monoisotopic (exact) mass is 359 g/mol. The summed E-state index contributed by atoms with van der Waals surface area (Å²) in [6.07, 6.45) is 4.98. The molecule has 0 aliphatic heterocycles. The summed E-state index contributed by atoms with van der Waals surface area (Å²) in [7, 11) is 1.64. The molecule has 1 amide bonds. The fraction of sp³-hybridized carbons (Fsp3) is 0.263. The van der Waals surface area contributed by atoms with Crippen LogP contribution in [0.25, 0.3) is 6.08 Å². The second-order valence-electron chi connectivity index (χ2n) is 5.48. The average molecular weight is 359 g/mol. The van der Waals surface area contributed by atoms with E-state index < -0.39 is 5.97 Å². The summed E-state index contributed by atoms with van der Waals surface area (Å²) in [5.74, 6) is 0.635. The van der Waals surface area contributed by atoms with Crippen molar-refractivity contribution >= 4 is 29.7 Å². The molecule has 1 heterocycles. The first-order chi connectivity index (χ1) is 12.0. The lowest BCUT2D eigenvalue weighted by Gasteiger charge is -2.15. The number of amides is 1. The number of rotatable bonds is 7. The van der Waals surface area contributed by atoms with Crippen molar-refractivity contribution in [3.63, 3.8) is 0 Å². The lowest BCUT2D eigenvalue weighted by molar-refractivity contribution is -0.147. The third-order valence-electron chi connectivity index (χ3n) is 3.48. The first-order valence-corrected chi connectivity index (χ1v) is 8.98. The van der Waals surface area contributed by atoms with E-state index in [0.29, 0.717) is 12.3 Å². The molecule has 0 fully saturated rings. The van der Waals surface area contributed by atoms with Gasteiger partial charge in [0.1, 0.15) is 11.5 Å². The van der Waals surface area contributed by atoms with Crippen molar-refractivity contribution < 1.29 is 18.7 Å². The van der Waals surface area contributed by atoms with E-state index in [-0.39, 0.29) is 12.5 Å². The summed E-state index contributed by atoms with van der Waals surface area (Å²) in [5, 5.41) is 0. The van der Waals surface area contributed by atoms with E-state index in [1.54, 1.807) is 24.9 Å². The first-order valence-electron chi connectivity index (χ1n) is 7.76. The maximum atomic E-state index is 12.0. The zero-order valence-corrected chi connectivity index (χ0v) is 15.3. The molecule has 0 aliphatic carbocycles. The van der Waals surface area contributed by atoms with Gasteiger partial charge in [0.15, 0.2) is 6.61 Å². The van der Waals surface area contributed by atoms with E-state index in [1.807, 2.05) is 49.6 Å². The second-order valence-corrected chi connectivity index (χ2v) is 6.36. The predicted molar refractivity (Wildman–Crippen MR) is 98.1 cm³/mol. The van der Waals surface area contributed by atoms with Gasteiger partial charge in [-0.2, -0.15) is 0 Å². The zero-order chi connectivity index (χ0) is 18.2. The molecule has 2 aromatic rings. The Hall–Kier alpha value is -2.47. The number of furan rings is 1. The highest BCUT2D eigenvalue weighted by Crippen LogP contribution is 2.15. The Balaban J connectivity index is 1.77. The normalized spacial score (nSPS) is 10.8. The smallest absolute Gasteiger partial charge is 0.331 e. The van der Waals surface area contributed by atoms with Crippen molar-refractivity contribution in [1.82, 2.24) is 4.90 Å². The lowest BCUT2D eigenvalue weighted by atomic mass is 10.2. The van der Waals surface area contributed by atoms with Gasteiger partial charge in [-0.05, 0) is 49.1 Å². The molecule has 132 valence electrons. The maximum absolute atomic E-state index is 12.0. The number of hydrogen-bond donors (Lipinski definition) is 0. The fourth-order valence-corrected chi connectivity index (χ4v) is 2.47. The highest BCUT2D eigenvalue weighted by atomic mass is 32.2. The number of carbonyl (C=O) groups is 2. The molecule has 2 rings (SSSR count). The number of likely N-dealkylation sites (N-methyl/N-ethyl adjacent to an activating group) is 1. The molecule has 0 bridgehead atoms. The Bertz CT molecular complexity index is 749. The Kier molecular flexibility index (Phi) is 6.89. The molecule has 0 atom stereocenters.